The number of carbonyl (C=O) groups is 1. The van der Waals surface area contributed by atoms with E-state index in [1.54, 1.807) is 0 Å². The second-order valence-corrected chi connectivity index (χ2v) is 9.10. The van der Waals surface area contributed by atoms with Crippen molar-refractivity contribution in [1.82, 2.24) is 9.80 Å². The molecule has 7 heteroatoms. The van der Waals surface area contributed by atoms with Crippen LogP contribution in [-0.4, -0.2) is 75.7 Å². The van der Waals surface area contributed by atoms with E-state index in [-0.39, 0.29) is 5.78 Å². The Morgan fingerprint density at radius 3 is 1.29 bits per heavy atom. The van der Waals surface area contributed by atoms with Crippen molar-refractivity contribution in [2.45, 2.75) is 50.6 Å². The summed E-state index contributed by atoms with van der Waals surface area (Å²) in [5, 5.41) is 27.6. The lowest BCUT2D eigenvalue weighted by atomic mass is 9.87. The predicted molar refractivity (Wildman–Crippen MR) is 133 cm³/mol. The van der Waals surface area contributed by atoms with Gasteiger partial charge in [-0.25, -0.2) is 0 Å². The van der Waals surface area contributed by atoms with Gasteiger partial charge in [0, 0.05) is 11.1 Å². The number of Topliss-reactive ketones (excluding diaryl/α,β-unsaturated/α-hetero) is 1. The Bertz CT molecular complexity index is 902. The molecule has 2 aromatic carbocycles. The largest absolute Gasteiger partial charge is 0.411 e. The second-order valence-electron chi connectivity index (χ2n) is 9.10. The molecule has 2 aliphatic heterocycles. The highest BCUT2D eigenvalue weighted by atomic mass is 16.4. The molecular weight excluding hydrogens is 428 g/mol. The first kappa shape index (κ1) is 24.1. The van der Waals surface area contributed by atoms with Crippen LogP contribution >= 0.6 is 0 Å². The number of benzene rings is 2. The lowest BCUT2D eigenvalue weighted by Gasteiger charge is -2.39. The summed E-state index contributed by atoms with van der Waals surface area (Å²) in [5.41, 5.74) is 2.13. The predicted octanol–water partition coefficient (Wildman–Crippen LogP) is 4.02. The van der Waals surface area contributed by atoms with Gasteiger partial charge in [0.1, 0.15) is 23.5 Å². The van der Waals surface area contributed by atoms with Crippen molar-refractivity contribution in [3.63, 3.8) is 0 Å². The SMILES string of the molecule is O=C(C(C(=NO)c1ccccc1)N1CCCCC1)C(C(=NO)c1ccccc1)N1CCCCC1. The van der Waals surface area contributed by atoms with E-state index in [0.29, 0.717) is 22.6 Å². The van der Waals surface area contributed by atoms with E-state index >= 15 is 0 Å². The number of likely N-dealkylation sites (tertiary alicyclic amines) is 2. The third-order valence-corrected chi connectivity index (χ3v) is 6.92. The van der Waals surface area contributed by atoms with Crippen molar-refractivity contribution in [2.75, 3.05) is 26.2 Å². The van der Waals surface area contributed by atoms with Gasteiger partial charge in [0.05, 0.1) is 0 Å². The molecule has 2 aliphatic rings. The molecule has 4 rings (SSSR count). The number of nitrogens with zero attached hydrogens (tertiary/aromatic N) is 4. The first-order valence-electron chi connectivity index (χ1n) is 12.3. The van der Waals surface area contributed by atoms with Crippen molar-refractivity contribution in [3.8, 4) is 0 Å². The van der Waals surface area contributed by atoms with Crippen molar-refractivity contribution >= 4 is 17.2 Å². The summed E-state index contributed by atoms with van der Waals surface area (Å²) >= 11 is 0. The van der Waals surface area contributed by atoms with Gasteiger partial charge in [-0.15, -0.1) is 0 Å². The summed E-state index contributed by atoms with van der Waals surface area (Å²) in [6.45, 7) is 3.02. The Morgan fingerprint density at radius 2 is 0.971 bits per heavy atom. The van der Waals surface area contributed by atoms with E-state index in [2.05, 4.69) is 20.1 Å². The molecule has 0 aliphatic carbocycles. The second kappa shape index (κ2) is 11.9. The average molecular weight is 463 g/mol. The molecule has 0 radical (unpaired) electrons. The molecule has 2 unspecified atom stereocenters. The van der Waals surface area contributed by atoms with Gasteiger partial charge in [-0.1, -0.05) is 83.8 Å². The van der Waals surface area contributed by atoms with Gasteiger partial charge in [-0.3, -0.25) is 14.6 Å². The van der Waals surface area contributed by atoms with Crippen LogP contribution in [0.25, 0.3) is 0 Å². The zero-order chi connectivity index (χ0) is 23.8. The van der Waals surface area contributed by atoms with E-state index in [9.17, 15) is 15.2 Å². The fourth-order valence-electron chi connectivity index (χ4n) is 5.24. The summed E-state index contributed by atoms with van der Waals surface area (Å²) in [5.74, 6) is -0.114. The molecule has 0 amide bonds. The molecule has 2 atom stereocenters. The highest BCUT2D eigenvalue weighted by molar-refractivity contribution is 6.26. The average Bonchev–Trinajstić information content (AvgIpc) is 2.92. The summed E-state index contributed by atoms with van der Waals surface area (Å²) in [6, 6.07) is 17.3. The van der Waals surface area contributed by atoms with Gasteiger partial charge in [0.15, 0.2) is 5.78 Å². The smallest absolute Gasteiger partial charge is 0.179 e. The normalized spacial score (nSPS) is 20.6. The van der Waals surface area contributed by atoms with E-state index in [1.807, 2.05) is 60.7 Å². The molecule has 0 aromatic heterocycles. The Hall–Kier alpha value is -3.03. The standard InChI is InChI=1S/C27H34N4O3/c32-27(25(30-17-9-3-10-18-30)23(28-33)21-13-5-1-6-14-21)26(31-19-11-4-12-20-31)24(29-34)22-15-7-2-8-16-22/h1-2,5-8,13-16,25-26,33-34H,3-4,9-12,17-20H2. The molecule has 0 saturated carbocycles. The first-order chi connectivity index (χ1) is 16.7. The highest BCUT2D eigenvalue weighted by Gasteiger charge is 2.42. The van der Waals surface area contributed by atoms with Gasteiger partial charge in [-0.2, -0.15) is 0 Å². The van der Waals surface area contributed by atoms with E-state index in [4.69, 9.17) is 0 Å². The number of oxime groups is 2. The van der Waals surface area contributed by atoms with Crippen molar-refractivity contribution < 1.29 is 15.2 Å². The molecule has 2 N–H and O–H groups in total. The fraction of sp³-hybridized carbons (Fsp3) is 0.444. The number of hydrogen-bond acceptors (Lipinski definition) is 7. The van der Waals surface area contributed by atoms with Crippen LogP contribution in [0, 0.1) is 0 Å². The lowest BCUT2D eigenvalue weighted by molar-refractivity contribution is -0.125. The first-order valence-corrected chi connectivity index (χ1v) is 12.3. The molecule has 7 nitrogen and oxygen atoms in total. The molecule has 2 fully saturated rings. The molecule has 2 heterocycles. The summed E-state index contributed by atoms with van der Waals surface area (Å²) < 4.78 is 0. The highest BCUT2D eigenvalue weighted by Crippen LogP contribution is 2.24. The van der Waals surface area contributed by atoms with Crippen LogP contribution in [-0.2, 0) is 4.79 Å². The van der Waals surface area contributed by atoms with E-state index in [1.165, 1.54) is 0 Å². The summed E-state index contributed by atoms with van der Waals surface area (Å²) in [6.07, 6.45) is 6.21. The molecule has 0 bridgehead atoms. The van der Waals surface area contributed by atoms with Gasteiger partial charge in [0.25, 0.3) is 0 Å². The Kier molecular flexibility index (Phi) is 8.44. The third kappa shape index (κ3) is 5.37. The van der Waals surface area contributed by atoms with Crippen LogP contribution in [0.5, 0.6) is 0 Å². The van der Waals surface area contributed by atoms with E-state index in [0.717, 1.165) is 64.7 Å². The molecule has 2 saturated heterocycles. The van der Waals surface area contributed by atoms with Crippen LogP contribution in [0.15, 0.2) is 71.0 Å². The van der Waals surface area contributed by atoms with Crippen molar-refractivity contribution in [2.24, 2.45) is 10.3 Å². The van der Waals surface area contributed by atoms with Crippen molar-refractivity contribution in [1.29, 1.82) is 0 Å². The molecule has 180 valence electrons. The number of carbonyl (C=O) groups excluding carboxylic acids is 1. The van der Waals surface area contributed by atoms with Gasteiger partial charge in [-0.05, 0) is 51.9 Å². The van der Waals surface area contributed by atoms with Crippen LogP contribution in [0.2, 0.25) is 0 Å². The maximum Gasteiger partial charge on any atom is 0.179 e. The van der Waals surface area contributed by atoms with Gasteiger partial charge < -0.3 is 10.4 Å². The maximum absolute atomic E-state index is 14.5. The van der Waals surface area contributed by atoms with Gasteiger partial charge in [0.2, 0.25) is 0 Å². The number of hydrogen-bond donors (Lipinski definition) is 2. The zero-order valence-corrected chi connectivity index (χ0v) is 19.6. The minimum atomic E-state index is -0.736. The van der Waals surface area contributed by atoms with Crippen LogP contribution in [0.4, 0.5) is 0 Å². The minimum absolute atomic E-state index is 0.114. The van der Waals surface area contributed by atoms with Crippen LogP contribution in [0.1, 0.15) is 49.7 Å². The topological polar surface area (TPSA) is 88.7 Å². The molecule has 2 aromatic rings. The molecule has 34 heavy (non-hydrogen) atoms. The van der Waals surface area contributed by atoms with Crippen LogP contribution in [0.3, 0.4) is 0 Å². The zero-order valence-electron chi connectivity index (χ0n) is 19.6. The number of rotatable bonds is 8. The van der Waals surface area contributed by atoms with E-state index < -0.39 is 12.1 Å². The maximum atomic E-state index is 14.5. The Balaban J connectivity index is 1.79. The molecular formula is C27H34N4O3. The minimum Gasteiger partial charge on any atom is -0.411 e. The summed E-state index contributed by atoms with van der Waals surface area (Å²) in [7, 11) is 0. The van der Waals surface area contributed by atoms with Crippen molar-refractivity contribution in [3.05, 3.63) is 71.8 Å². The van der Waals surface area contributed by atoms with Crippen LogP contribution < -0.4 is 0 Å². The quantitative estimate of drug-likeness (QED) is 0.351. The third-order valence-electron chi connectivity index (χ3n) is 6.92. The monoisotopic (exact) mass is 462 g/mol. The lowest BCUT2D eigenvalue weighted by Crippen LogP contribution is -2.59. The number of ketones is 1. The summed E-state index contributed by atoms with van der Waals surface area (Å²) in [4.78, 5) is 18.8. The molecule has 0 spiro atoms. The Labute approximate surface area is 201 Å². The number of piperidine rings is 2. The fourth-order valence-corrected chi connectivity index (χ4v) is 5.24. The Morgan fingerprint density at radius 1 is 0.618 bits per heavy atom. The van der Waals surface area contributed by atoms with Gasteiger partial charge >= 0.3 is 0 Å².